The fourth-order valence-electron chi connectivity index (χ4n) is 4.05. The second kappa shape index (κ2) is 9.16. The lowest BCUT2D eigenvalue weighted by atomic mass is 10.1. The van der Waals surface area contributed by atoms with Crippen LogP contribution in [0.15, 0.2) is 54.6 Å². The average molecular weight is 417 g/mol. The minimum atomic E-state index is -0.0281. The predicted octanol–water partition coefficient (Wildman–Crippen LogP) is 3.53. The number of aryl methyl sites for hydroxylation is 1. The number of carbonyl (C=O) groups is 2. The van der Waals surface area contributed by atoms with Crippen molar-refractivity contribution >= 4 is 17.5 Å². The second-order valence-corrected chi connectivity index (χ2v) is 8.06. The first-order chi connectivity index (χ1) is 15.0. The number of carbonyl (C=O) groups excluding carboxylic acids is 2. The maximum Gasteiger partial charge on any atom is 0.227 e. The minimum absolute atomic E-state index is 0.0281. The molecule has 0 spiro atoms. The molecule has 4 rings (SSSR count). The van der Waals surface area contributed by atoms with Crippen LogP contribution in [0.4, 0.5) is 5.69 Å². The molecule has 1 N–H and O–H groups in total. The van der Waals surface area contributed by atoms with E-state index in [2.05, 4.69) is 22.5 Å². The van der Waals surface area contributed by atoms with Crippen molar-refractivity contribution in [2.45, 2.75) is 46.2 Å². The van der Waals surface area contributed by atoms with E-state index >= 15 is 0 Å². The number of anilines is 1. The zero-order chi connectivity index (χ0) is 21.8. The molecule has 0 saturated carbocycles. The normalized spacial score (nSPS) is 13.6. The number of aromatic nitrogens is 2. The largest absolute Gasteiger partial charge is 0.352 e. The first kappa shape index (κ1) is 20.8. The van der Waals surface area contributed by atoms with Gasteiger partial charge in [0.25, 0.3) is 0 Å². The molecular weight excluding hydrogens is 388 g/mol. The molecule has 0 unspecified atom stereocenters. The highest BCUT2D eigenvalue weighted by molar-refractivity contribution is 5.95. The van der Waals surface area contributed by atoms with Gasteiger partial charge in [0, 0.05) is 36.5 Å². The van der Waals surface area contributed by atoms with Crippen molar-refractivity contribution in [1.82, 2.24) is 15.1 Å². The molecule has 3 aromatic rings. The summed E-state index contributed by atoms with van der Waals surface area (Å²) in [6.45, 7) is 5.98. The Balaban J connectivity index is 1.34. The van der Waals surface area contributed by atoms with E-state index in [9.17, 15) is 9.59 Å². The lowest BCUT2D eigenvalue weighted by Crippen LogP contribution is -2.25. The third kappa shape index (κ3) is 4.85. The number of benzene rings is 2. The molecule has 1 saturated heterocycles. The van der Waals surface area contributed by atoms with Crippen molar-refractivity contribution in [2.75, 3.05) is 11.4 Å². The van der Waals surface area contributed by atoms with E-state index < -0.39 is 0 Å². The Bertz CT molecular complexity index is 1070. The summed E-state index contributed by atoms with van der Waals surface area (Å²) in [7, 11) is 0. The van der Waals surface area contributed by atoms with Gasteiger partial charge < -0.3 is 10.2 Å². The molecule has 1 aliphatic heterocycles. The van der Waals surface area contributed by atoms with Crippen LogP contribution < -0.4 is 10.2 Å². The van der Waals surface area contributed by atoms with Gasteiger partial charge in [0.15, 0.2) is 0 Å². The van der Waals surface area contributed by atoms with Crippen molar-refractivity contribution in [2.24, 2.45) is 0 Å². The van der Waals surface area contributed by atoms with Crippen LogP contribution in [-0.2, 0) is 29.1 Å². The van der Waals surface area contributed by atoms with E-state index in [1.165, 1.54) is 5.56 Å². The fourth-order valence-corrected chi connectivity index (χ4v) is 4.05. The Morgan fingerprint density at radius 1 is 1.03 bits per heavy atom. The lowest BCUT2D eigenvalue weighted by molar-refractivity contribution is -0.120. The van der Waals surface area contributed by atoms with Gasteiger partial charge in [-0.25, -0.2) is 0 Å². The van der Waals surface area contributed by atoms with Crippen LogP contribution in [0.2, 0.25) is 0 Å². The molecule has 1 fully saturated rings. The van der Waals surface area contributed by atoms with Crippen molar-refractivity contribution in [3.63, 3.8) is 0 Å². The summed E-state index contributed by atoms with van der Waals surface area (Å²) in [5, 5.41) is 7.68. The molecule has 0 atom stereocenters. The molecule has 160 valence electrons. The Kier molecular flexibility index (Phi) is 6.16. The van der Waals surface area contributed by atoms with Crippen molar-refractivity contribution in [1.29, 1.82) is 0 Å². The van der Waals surface area contributed by atoms with Gasteiger partial charge in [-0.3, -0.25) is 14.3 Å². The van der Waals surface area contributed by atoms with Crippen LogP contribution >= 0.6 is 0 Å². The molecule has 0 radical (unpaired) electrons. The maximum absolute atomic E-state index is 12.5. The molecule has 2 amide bonds. The third-order valence-electron chi connectivity index (χ3n) is 5.85. The molecule has 6 heteroatoms. The average Bonchev–Trinajstić information content (AvgIpc) is 3.31. The quantitative estimate of drug-likeness (QED) is 0.641. The lowest BCUT2D eigenvalue weighted by Gasteiger charge is -2.15. The monoisotopic (exact) mass is 416 g/mol. The highest BCUT2D eigenvalue weighted by atomic mass is 16.2. The molecule has 31 heavy (non-hydrogen) atoms. The summed E-state index contributed by atoms with van der Waals surface area (Å²) in [4.78, 5) is 26.2. The van der Waals surface area contributed by atoms with Crippen LogP contribution in [-0.4, -0.2) is 28.1 Å². The van der Waals surface area contributed by atoms with E-state index in [1.54, 1.807) is 0 Å². The van der Waals surface area contributed by atoms with Crippen molar-refractivity contribution in [3.05, 3.63) is 82.7 Å². The Hall–Kier alpha value is -3.41. The van der Waals surface area contributed by atoms with E-state index in [1.807, 2.05) is 65.9 Å². The van der Waals surface area contributed by atoms with Crippen LogP contribution in [0.3, 0.4) is 0 Å². The van der Waals surface area contributed by atoms with Gasteiger partial charge in [0.2, 0.25) is 11.8 Å². The van der Waals surface area contributed by atoms with Crippen molar-refractivity contribution < 1.29 is 9.59 Å². The van der Waals surface area contributed by atoms with Gasteiger partial charge in [-0.2, -0.15) is 5.10 Å². The number of hydrogen-bond acceptors (Lipinski definition) is 3. The molecule has 0 aliphatic carbocycles. The molecule has 6 nitrogen and oxygen atoms in total. The van der Waals surface area contributed by atoms with Crippen molar-refractivity contribution in [3.8, 4) is 0 Å². The van der Waals surface area contributed by atoms with Crippen LogP contribution in [0, 0.1) is 13.8 Å². The van der Waals surface area contributed by atoms with Crippen LogP contribution in [0.1, 0.15) is 40.9 Å². The van der Waals surface area contributed by atoms with Gasteiger partial charge in [0.05, 0.1) is 18.7 Å². The Morgan fingerprint density at radius 2 is 1.77 bits per heavy atom. The smallest absolute Gasteiger partial charge is 0.227 e. The van der Waals surface area contributed by atoms with Gasteiger partial charge in [-0.05, 0) is 43.5 Å². The predicted molar refractivity (Wildman–Crippen MR) is 121 cm³/mol. The maximum atomic E-state index is 12.5. The summed E-state index contributed by atoms with van der Waals surface area (Å²) >= 11 is 0. The summed E-state index contributed by atoms with van der Waals surface area (Å²) in [5.41, 5.74) is 6.11. The topological polar surface area (TPSA) is 67.2 Å². The number of hydrogen-bond donors (Lipinski definition) is 1. The Morgan fingerprint density at radius 3 is 2.45 bits per heavy atom. The van der Waals surface area contributed by atoms with Crippen LogP contribution in [0.25, 0.3) is 0 Å². The number of nitrogens with one attached hydrogen (secondary N) is 1. The molecule has 1 aliphatic rings. The summed E-state index contributed by atoms with van der Waals surface area (Å²) in [6, 6.07) is 17.9. The van der Waals surface area contributed by atoms with Gasteiger partial charge in [-0.15, -0.1) is 0 Å². The SMILES string of the molecule is Cc1nn(Cc2ccccc2)c(C)c1CNC(=O)Cc1ccc(N2CCCC2=O)cc1. The summed E-state index contributed by atoms with van der Waals surface area (Å²) < 4.78 is 1.99. The standard InChI is InChI=1S/C25H28N4O2/c1-18-23(19(2)29(27-18)17-21-7-4-3-5-8-21)16-26-24(30)15-20-10-12-22(13-11-20)28-14-6-9-25(28)31/h3-5,7-8,10-13H,6,9,14-17H2,1-2H3,(H,26,30). The molecule has 0 bridgehead atoms. The molecular formula is C25H28N4O2. The summed E-state index contributed by atoms with van der Waals surface area (Å²) in [6.07, 6.45) is 1.83. The zero-order valence-corrected chi connectivity index (χ0v) is 18.1. The van der Waals surface area contributed by atoms with Gasteiger partial charge in [-0.1, -0.05) is 42.5 Å². The number of rotatable bonds is 7. The third-order valence-corrected chi connectivity index (χ3v) is 5.85. The van der Waals surface area contributed by atoms with Gasteiger partial charge >= 0.3 is 0 Å². The number of nitrogens with zero attached hydrogens (tertiary/aromatic N) is 3. The zero-order valence-electron chi connectivity index (χ0n) is 18.1. The van der Waals surface area contributed by atoms with E-state index in [-0.39, 0.29) is 11.8 Å². The highest BCUT2D eigenvalue weighted by Gasteiger charge is 2.21. The molecule has 2 heterocycles. The first-order valence-corrected chi connectivity index (χ1v) is 10.7. The van der Waals surface area contributed by atoms with Crippen LogP contribution in [0.5, 0.6) is 0 Å². The minimum Gasteiger partial charge on any atom is -0.352 e. The number of amides is 2. The molecule has 2 aromatic carbocycles. The highest BCUT2D eigenvalue weighted by Crippen LogP contribution is 2.22. The van der Waals surface area contributed by atoms with Gasteiger partial charge in [0.1, 0.15) is 0 Å². The van der Waals surface area contributed by atoms with E-state index in [4.69, 9.17) is 0 Å². The molecule has 1 aromatic heterocycles. The fraction of sp³-hybridized carbons (Fsp3) is 0.320. The first-order valence-electron chi connectivity index (χ1n) is 10.7. The summed E-state index contributed by atoms with van der Waals surface area (Å²) in [5.74, 6) is 0.142. The second-order valence-electron chi connectivity index (χ2n) is 8.06. The van der Waals surface area contributed by atoms with E-state index in [0.717, 1.165) is 41.2 Å². The Labute approximate surface area is 182 Å². The van der Waals surface area contributed by atoms with E-state index in [0.29, 0.717) is 25.9 Å².